The van der Waals surface area contributed by atoms with Crippen LogP contribution in [0.5, 0.6) is 5.75 Å². The Bertz CT molecular complexity index is 458. The first-order chi connectivity index (χ1) is 9.89. The van der Waals surface area contributed by atoms with Gasteiger partial charge >= 0.3 is 6.03 Å². The minimum absolute atomic E-state index is 0.105. The molecule has 1 aromatic carbocycles. The smallest absolute Gasteiger partial charge is 0.316 e. The number of amides is 2. The molecule has 0 aromatic heterocycles. The van der Waals surface area contributed by atoms with Crippen LogP contribution < -0.4 is 15.4 Å². The molecule has 0 unspecified atom stereocenters. The summed E-state index contributed by atoms with van der Waals surface area (Å²) in [5.41, 5.74) is -0.728. The number of carbonyl (C=O) groups excluding carboxylic acids is 1. The lowest BCUT2D eigenvalue weighted by molar-refractivity contribution is 0.225. The zero-order chi connectivity index (χ0) is 15.7. The Morgan fingerprint density at radius 1 is 1.29 bits per heavy atom. The lowest BCUT2D eigenvalue weighted by Crippen LogP contribution is -2.48. The highest BCUT2D eigenvalue weighted by atomic mass is 16.5. The molecule has 1 aromatic rings. The van der Waals surface area contributed by atoms with Crippen molar-refractivity contribution in [3.8, 4) is 5.75 Å². The maximum absolute atomic E-state index is 11.7. The predicted octanol–water partition coefficient (Wildman–Crippen LogP) is 2.96. The number of hydrogen-bond acceptors (Lipinski definition) is 4. The van der Waals surface area contributed by atoms with Crippen molar-refractivity contribution in [3.63, 3.8) is 0 Å². The third-order valence-electron chi connectivity index (χ3n) is 2.36. The molecule has 6 heteroatoms. The summed E-state index contributed by atoms with van der Waals surface area (Å²) in [6, 6.07) is 9.28. The fourth-order valence-corrected chi connectivity index (χ4v) is 1.46. The van der Waals surface area contributed by atoms with E-state index in [2.05, 4.69) is 20.9 Å². The second-order valence-electron chi connectivity index (χ2n) is 5.41. The monoisotopic (exact) mass is 292 g/mol. The topological polar surface area (TPSA) is 75.1 Å². The third-order valence-corrected chi connectivity index (χ3v) is 2.36. The van der Waals surface area contributed by atoms with Crippen molar-refractivity contribution in [2.24, 2.45) is 10.2 Å². The SMILES string of the molecule is CC(C)N=NC(C)(C)NC(=O)NCCOc1ccccc1. The molecule has 0 spiro atoms. The number of rotatable bonds is 7. The van der Waals surface area contributed by atoms with Crippen molar-refractivity contribution in [1.29, 1.82) is 0 Å². The molecule has 0 radical (unpaired) electrons. The van der Waals surface area contributed by atoms with E-state index < -0.39 is 5.66 Å². The Balaban J connectivity index is 2.25. The highest BCUT2D eigenvalue weighted by molar-refractivity contribution is 5.74. The van der Waals surface area contributed by atoms with Crippen LogP contribution in [0.15, 0.2) is 40.6 Å². The average molecular weight is 292 g/mol. The molecule has 0 bridgehead atoms. The summed E-state index contributed by atoms with van der Waals surface area (Å²) in [6.45, 7) is 8.27. The molecule has 6 nitrogen and oxygen atoms in total. The highest BCUT2D eigenvalue weighted by Gasteiger charge is 2.19. The van der Waals surface area contributed by atoms with Crippen LogP contribution in [0, 0.1) is 0 Å². The number of nitrogens with one attached hydrogen (secondary N) is 2. The highest BCUT2D eigenvalue weighted by Crippen LogP contribution is 2.07. The Morgan fingerprint density at radius 3 is 2.57 bits per heavy atom. The normalized spacial score (nSPS) is 11.7. The quantitative estimate of drug-likeness (QED) is 0.599. The zero-order valence-corrected chi connectivity index (χ0v) is 13.1. The van der Waals surface area contributed by atoms with Gasteiger partial charge in [-0.1, -0.05) is 18.2 Å². The summed E-state index contributed by atoms with van der Waals surface area (Å²) < 4.78 is 5.48. The number of benzene rings is 1. The van der Waals surface area contributed by atoms with Gasteiger partial charge in [-0.25, -0.2) is 4.79 Å². The fraction of sp³-hybridized carbons (Fsp3) is 0.533. The average Bonchev–Trinajstić information content (AvgIpc) is 2.42. The van der Waals surface area contributed by atoms with Crippen LogP contribution >= 0.6 is 0 Å². The van der Waals surface area contributed by atoms with Crippen molar-refractivity contribution >= 4 is 6.03 Å². The van der Waals surface area contributed by atoms with Gasteiger partial charge in [0, 0.05) is 0 Å². The van der Waals surface area contributed by atoms with Crippen molar-refractivity contribution in [1.82, 2.24) is 10.6 Å². The maximum Gasteiger partial charge on any atom is 0.316 e. The van der Waals surface area contributed by atoms with Crippen LogP contribution in [-0.2, 0) is 0 Å². The van der Waals surface area contributed by atoms with Crippen LogP contribution in [0.2, 0.25) is 0 Å². The van der Waals surface area contributed by atoms with E-state index in [1.165, 1.54) is 0 Å². The van der Waals surface area contributed by atoms with E-state index in [0.717, 1.165) is 5.75 Å². The number of azo groups is 1. The minimum Gasteiger partial charge on any atom is -0.492 e. The zero-order valence-electron chi connectivity index (χ0n) is 13.1. The van der Waals surface area contributed by atoms with E-state index in [9.17, 15) is 4.79 Å². The summed E-state index contributed by atoms with van der Waals surface area (Å²) >= 11 is 0. The van der Waals surface area contributed by atoms with E-state index in [1.807, 2.05) is 44.2 Å². The van der Waals surface area contributed by atoms with Gasteiger partial charge in [-0.05, 0) is 39.8 Å². The number of ether oxygens (including phenoxy) is 1. The second-order valence-corrected chi connectivity index (χ2v) is 5.41. The lowest BCUT2D eigenvalue weighted by atomic mass is 10.3. The molecule has 0 fully saturated rings. The number of carbonyl (C=O) groups is 1. The first-order valence-electron chi connectivity index (χ1n) is 7.05. The van der Waals surface area contributed by atoms with Crippen LogP contribution in [0.25, 0.3) is 0 Å². The van der Waals surface area contributed by atoms with Gasteiger partial charge in [0.2, 0.25) is 0 Å². The number of hydrogen-bond donors (Lipinski definition) is 2. The third kappa shape index (κ3) is 7.91. The molecule has 0 heterocycles. The molecule has 0 aliphatic rings. The number of urea groups is 1. The molecule has 1 rings (SSSR count). The van der Waals surface area contributed by atoms with Gasteiger partial charge in [0.05, 0.1) is 12.6 Å². The number of para-hydroxylation sites is 1. The van der Waals surface area contributed by atoms with Crippen LogP contribution in [0.4, 0.5) is 4.79 Å². The molecule has 0 aliphatic heterocycles. The maximum atomic E-state index is 11.7. The molecular formula is C15H24N4O2. The van der Waals surface area contributed by atoms with E-state index >= 15 is 0 Å². The standard InChI is InChI=1S/C15H24N4O2/c1-12(2)18-19-15(3,4)17-14(20)16-10-11-21-13-8-6-5-7-9-13/h5-9,12H,10-11H2,1-4H3,(H2,16,17,20). The first kappa shape index (κ1) is 16.9. The first-order valence-corrected chi connectivity index (χ1v) is 7.05. The molecular weight excluding hydrogens is 268 g/mol. The summed E-state index contributed by atoms with van der Waals surface area (Å²) in [4.78, 5) is 11.7. The Hall–Kier alpha value is -2.11. The summed E-state index contributed by atoms with van der Waals surface area (Å²) in [7, 11) is 0. The summed E-state index contributed by atoms with van der Waals surface area (Å²) in [5.74, 6) is 0.783. The van der Waals surface area contributed by atoms with E-state index in [-0.39, 0.29) is 12.1 Å². The largest absolute Gasteiger partial charge is 0.492 e. The minimum atomic E-state index is -0.728. The lowest BCUT2D eigenvalue weighted by Gasteiger charge is -2.20. The molecule has 0 saturated carbocycles. The van der Waals surface area contributed by atoms with Gasteiger partial charge in [0.15, 0.2) is 0 Å². The van der Waals surface area contributed by atoms with E-state index in [1.54, 1.807) is 13.8 Å². The molecule has 2 amide bonds. The fourth-order valence-electron chi connectivity index (χ4n) is 1.46. The second kappa shape index (κ2) is 8.24. The molecule has 116 valence electrons. The molecule has 2 N–H and O–H groups in total. The molecule has 0 aliphatic carbocycles. The Labute approximate surface area is 126 Å². The Kier molecular flexibility index (Phi) is 6.65. The predicted molar refractivity (Wildman–Crippen MR) is 82.5 cm³/mol. The van der Waals surface area contributed by atoms with Gasteiger partial charge in [0.25, 0.3) is 0 Å². The van der Waals surface area contributed by atoms with Crippen LogP contribution in [0.1, 0.15) is 27.7 Å². The summed E-state index contributed by atoms with van der Waals surface area (Å²) in [6.07, 6.45) is 0. The number of nitrogens with zero attached hydrogens (tertiary/aromatic N) is 2. The van der Waals surface area contributed by atoms with Crippen LogP contribution in [-0.4, -0.2) is 30.9 Å². The van der Waals surface area contributed by atoms with Crippen molar-refractivity contribution < 1.29 is 9.53 Å². The molecule has 0 saturated heterocycles. The molecule has 0 atom stereocenters. The van der Waals surface area contributed by atoms with E-state index in [0.29, 0.717) is 13.2 Å². The van der Waals surface area contributed by atoms with Gasteiger partial charge in [0.1, 0.15) is 18.0 Å². The van der Waals surface area contributed by atoms with Crippen LogP contribution in [0.3, 0.4) is 0 Å². The van der Waals surface area contributed by atoms with Crippen molar-refractivity contribution in [3.05, 3.63) is 30.3 Å². The van der Waals surface area contributed by atoms with Gasteiger partial charge in [-0.2, -0.15) is 10.2 Å². The van der Waals surface area contributed by atoms with Crippen molar-refractivity contribution in [2.45, 2.75) is 39.4 Å². The Morgan fingerprint density at radius 2 is 1.95 bits per heavy atom. The van der Waals surface area contributed by atoms with Gasteiger partial charge in [-0.3, -0.25) is 0 Å². The van der Waals surface area contributed by atoms with Gasteiger partial charge in [-0.15, -0.1) is 0 Å². The summed E-state index contributed by atoms with van der Waals surface area (Å²) in [5, 5.41) is 13.6. The van der Waals surface area contributed by atoms with Crippen molar-refractivity contribution in [2.75, 3.05) is 13.2 Å². The van der Waals surface area contributed by atoms with Gasteiger partial charge < -0.3 is 15.4 Å². The van der Waals surface area contributed by atoms with E-state index in [4.69, 9.17) is 4.74 Å². The molecule has 21 heavy (non-hydrogen) atoms.